The fourth-order valence-corrected chi connectivity index (χ4v) is 4.09. The number of hydrogen-bond acceptors (Lipinski definition) is 3. The van der Waals surface area contributed by atoms with E-state index in [1.54, 1.807) is 12.1 Å². The smallest absolute Gasteiger partial charge is 0.115 e. The highest BCUT2D eigenvalue weighted by Gasteiger charge is 2.21. The van der Waals surface area contributed by atoms with Crippen molar-refractivity contribution in [1.29, 1.82) is 0 Å². The van der Waals surface area contributed by atoms with Gasteiger partial charge in [0.1, 0.15) is 5.75 Å². The Bertz CT molecular complexity index is 690. The summed E-state index contributed by atoms with van der Waals surface area (Å²) < 4.78 is 0. The molecule has 146 valence electrons. The number of nitrogens with zero attached hydrogens (tertiary/aromatic N) is 2. The quantitative estimate of drug-likeness (QED) is 0.746. The van der Waals surface area contributed by atoms with Crippen molar-refractivity contribution in [2.24, 2.45) is 5.92 Å². The minimum absolute atomic E-state index is 0.347. The lowest BCUT2D eigenvalue weighted by atomic mass is 9.95. The van der Waals surface area contributed by atoms with Gasteiger partial charge in [0.05, 0.1) is 0 Å². The first kappa shape index (κ1) is 19.9. The van der Waals surface area contributed by atoms with Gasteiger partial charge in [-0.25, -0.2) is 0 Å². The lowest BCUT2D eigenvalue weighted by Crippen LogP contribution is -2.39. The van der Waals surface area contributed by atoms with E-state index in [9.17, 15) is 5.11 Å². The molecule has 0 saturated carbocycles. The summed E-state index contributed by atoms with van der Waals surface area (Å²) in [5, 5.41) is 9.45. The van der Waals surface area contributed by atoms with Crippen LogP contribution in [0.15, 0.2) is 48.5 Å². The molecule has 1 heterocycles. The van der Waals surface area contributed by atoms with E-state index in [-0.39, 0.29) is 0 Å². The van der Waals surface area contributed by atoms with Crippen LogP contribution >= 0.6 is 0 Å². The fourth-order valence-electron chi connectivity index (χ4n) is 4.09. The van der Waals surface area contributed by atoms with Gasteiger partial charge in [0.2, 0.25) is 0 Å². The highest BCUT2D eigenvalue weighted by atomic mass is 16.3. The van der Waals surface area contributed by atoms with Gasteiger partial charge in [0, 0.05) is 19.6 Å². The number of phenolic OH excluding ortho intramolecular Hbond substituents is 1. The van der Waals surface area contributed by atoms with E-state index in [0.29, 0.717) is 5.75 Å². The number of rotatable bonds is 8. The van der Waals surface area contributed by atoms with E-state index in [1.807, 2.05) is 12.1 Å². The van der Waals surface area contributed by atoms with Crippen LogP contribution in [0.3, 0.4) is 0 Å². The van der Waals surface area contributed by atoms with Gasteiger partial charge in [-0.2, -0.15) is 0 Å². The first-order chi connectivity index (χ1) is 13.1. The van der Waals surface area contributed by atoms with Crippen molar-refractivity contribution in [1.82, 2.24) is 9.80 Å². The van der Waals surface area contributed by atoms with E-state index in [2.05, 4.69) is 47.9 Å². The van der Waals surface area contributed by atoms with Crippen molar-refractivity contribution < 1.29 is 5.11 Å². The topological polar surface area (TPSA) is 26.7 Å². The van der Waals surface area contributed by atoms with Crippen molar-refractivity contribution in [2.75, 3.05) is 32.7 Å². The molecule has 3 nitrogen and oxygen atoms in total. The third-order valence-corrected chi connectivity index (χ3v) is 5.97. The summed E-state index contributed by atoms with van der Waals surface area (Å²) in [6.45, 7) is 11.3. The molecule has 2 aromatic carbocycles. The molecular formula is C24H34N2O. The zero-order valence-corrected chi connectivity index (χ0v) is 16.9. The second-order valence-electron chi connectivity index (χ2n) is 7.96. The van der Waals surface area contributed by atoms with E-state index >= 15 is 0 Å². The molecule has 0 bridgehead atoms. The van der Waals surface area contributed by atoms with Gasteiger partial charge < -0.3 is 10.0 Å². The van der Waals surface area contributed by atoms with Crippen LogP contribution in [0.5, 0.6) is 5.75 Å². The van der Waals surface area contributed by atoms with E-state index in [4.69, 9.17) is 0 Å². The maximum Gasteiger partial charge on any atom is 0.115 e. The Balaban J connectivity index is 1.41. The number of likely N-dealkylation sites (tertiary alicyclic amines) is 1. The van der Waals surface area contributed by atoms with Crippen LogP contribution in [0.2, 0.25) is 0 Å². The summed E-state index contributed by atoms with van der Waals surface area (Å²) in [6, 6.07) is 16.4. The molecule has 0 amide bonds. The zero-order chi connectivity index (χ0) is 19.1. The summed E-state index contributed by atoms with van der Waals surface area (Å²) in [6.07, 6.45) is 3.78. The first-order valence-corrected chi connectivity index (χ1v) is 10.4. The number of hydrogen-bond donors (Lipinski definition) is 1. The van der Waals surface area contributed by atoms with Crippen LogP contribution in [0, 0.1) is 12.8 Å². The third-order valence-electron chi connectivity index (χ3n) is 5.97. The molecule has 1 N–H and O–H groups in total. The molecule has 0 aliphatic carbocycles. The van der Waals surface area contributed by atoms with E-state index in [0.717, 1.165) is 19.0 Å². The summed E-state index contributed by atoms with van der Waals surface area (Å²) in [5.41, 5.74) is 4.19. The molecule has 0 spiro atoms. The summed E-state index contributed by atoms with van der Waals surface area (Å²) in [5.74, 6) is 1.15. The van der Waals surface area contributed by atoms with Gasteiger partial charge in [-0.05, 0) is 80.6 Å². The van der Waals surface area contributed by atoms with Gasteiger partial charge >= 0.3 is 0 Å². The monoisotopic (exact) mass is 366 g/mol. The Morgan fingerprint density at radius 1 is 1.04 bits per heavy atom. The van der Waals surface area contributed by atoms with Gasteiger partial charge in [-0.1, -0.05) is 43.3 Å². The molecule has 3 rings (SSSR count). The van der Waals surface area contributed by atoms with Crippen molar-refractivity contribution in [2.45, 2.75) is 39.7 Å². The van der Waals surface area contributed by atoms with Crippen LogP contribution in [-0.2, 0) is 13.0 Å². The van der Waals surface area contributed by atoms with Crippen LogP contribution in [-0.4, -0.2) is 47.6 Å². The number of benzene rings is 2. The Hall–Kier alpha value is -1.84. The van der Waals surface area contributed by atoms with Gasteiger partial charge in [0.15, 0.2) is 0 Å². The van der Waals surface area contributed by atoms with Crippen molar-refractivity contribution in [3.63, 3.8) is 0 Å². The van der Waals surface area contributed by atoms with Crippen LogP contribution in [0.25, 0.3) is 0 Å². The van der Waals surface area contributed by atoms with E-state index in [1.165, 1.54) is 62.1 Å². The minimum atomic E-state index is 0.347. The third kappa shape index (κ3) is 6.08. The molecule has 1 aliphatic rings. The maximum atomic E-state index is 9.45. The van der Waals surface area contributed by atoms with E-state index < -0.39 is 0 Å². The molecule has 1 saturated heterocycles. The highest BCUT2D eigenvalue weighted by molar-refractivity contribution is 5.26. The predicted octanol–water partition coefficient (Wildman–Crippen LogP) is 4.48. The van der Waals surface area contributed by atoms with Crippen molar-refractivity contribution >= 4 is 0 Å². The number of aryl methyl sites for hydroxylation is 1. The lowest BCUT2D eigenvalue weighted by molar-refractivity contribution is 0.143. The maximum absolute atomic E-state index is 9.45. The van der Waals surface area contributed by atoms with Crippen molar-refractivity contribution in [3.8, 4) is 5.75 Å². The molecule has 27 heavy (non-hydrogen) atoms. The molecular weight excluding hydrogens is 332 g/mol. The Labute approximate surface area is 164 Å². The van der Waals surface area contributed by atoms with Gasteiger partial charge in [-0.3, -0.25) is 4.90 Å². The average Bonchev–Trinajstić information content (AvgIpc) is 2.69. The van der Waals surface area contributed by atoms with Crippen LogP contribution < -0.4 is 0 Å². The van der Waals surface area contributed by atoms with Gasteiger partial charge in [-0.15, -0.1) is 0 Å². The normalized spacial score (nSPS) is 16.1. The standard InChI is InChI=1S/C24H34N2O/c1-3-25(18-21-8-10-24(27)11-9-21)19-22-12-15-26(16-13-22)17-14-23-7-5-4-6-20(23)2/h4-11,22,27H,3,12-19H2,1-2H3. The zero-order valence-electron chi connectivity index (χ0n) is 16.9. The van der Waals surface area contributed by atoms with Crippen molar-refractivity contribution in [3.05, 3.63) is 65.2 Å². The molecule has 1 fully saturated rings. The molecule has 0 aromatic heterocycles. The molecule has 0 atom stereocenters. The largest absolute Gasteiger partial charge is 0.508 e. The summed E-state index contributed by atoms with van der Waals surface area (Å²) in [7, 11) is 0. The molecule has 1 aliphatic heterocycles. The molecule has 0 unspecified atom stereocenters. The average molecular weight is 367 g/mol. The van der Waals surface area contributed by atoms with Gasteiger partial charge in [0.25, 0.3) is 0 Å². The minimum Gasteiger partial charge on any atom is -0.508 e. The summed E-state index contributed by atoms with van der Waals surface area (Å²) in [4.78, 5) is 5.18. The Kier molecular flexibility index (Phi) is 7.31. The first-order valence-electron chi connectivity index (χ1n) is 10.4. The fraction of sp³-hybridized carbons (Fsp3) is 0.500. The summed E-state index contributed by atoms with van der Waals surface area (Å²) >= 11 is 0. The molecule has 2 aromatic rings. The molecule has 0 radical (unpaired) electrons. The second kappa shape index (κ2) is 9.91. The van der Waals surface area contributed by atoms with Crippen LogP contribution in [0.4, 0.5) is 0 Å². The number of phenols is 1. The Morgan fingerprint density at radius 3 is 2.41 bits per heavy atom. The SMILES string of the molecule is CCN(Cc1ccc(O)cc1)CC1CCN(CCc2ccccc2C)CC1. The lowest BCUT2D eigenvalue weighted by Gasteiger charge is -2.34. The van der Waals surface area contributed by atoms with Crippen LogP contribution in [0.1, 0.15) is 36.5 Å². The number of piperidine rings is 1. The highest BCUT2D eigenvalue weighted by Crippen LogP contribution is 2.20. The molecule has 3 heteroatoms. The number of aromatic hydroxyl groups is 1. The predicted molar refractivity (Wildman–Crippen MR) is 113 cm³/mol. The second-order valence-corrected chi connectivity index (χ2v) is 7.96. The Morgan fingerprint density at radius 2 is 1.74 bits per heavy atom.